The molecule has 0 unspecified atom stereocenters. The number of nitrogens with two attached hydrogens (primary N) is 1. The third kappa shape index (κ3) is 1.75. The van der Waals surface area contributed by atoms with E-state index in [1.54, 1.807) is 0 Å². The summed E-state index contributed by atoms with van der Waals surface area (Å²) in [5, 5.41) is 8.90. The number of hydrogen-bond donors (Lipinski definition) is 2. The van der Waals surface area contributed by atoms with Gasteiger partial charge in [0, 0.05) is 0 Å². The van der Waals surface area contributed by atoms with Crippen LogP contribution in [-0.2, 0) is 4.79 Å². The number of carbonyl (C=O) groups is 1. The molecule has 2 aliphatic carbocycles. The molecule has 0 heterocycles. The summed E-state index contributed by atoms with van der Waals surface area (Å²) >= 11 is 0. The second-order valence-corrected chi connectivity index (χ2v) is 5.10. The van der Waals surface area contributed by atoms with Gasteiger partial charge in [-0.25, -0.2) is 0 Å². The minimum absolute atomic E-state index is 0.143. The Morgan fingerprint density at radius 1 is 1.69 bits per heavy atom. The quantitative estimate of drug-likeness (QED) is 0.703. The van der Waals surface area contributed by atoms with Crippen molar-refractivity contribution in [3.8, 4) is 0 Å². The first-order chi connectivity index (χ1) is 7.61. The minimum atomic E-state index is -0.781. The van der Waals surface area contributed by atoms with Crippen LogP contribution < -0.4 is 5.73 Å². The van der Waals surface area contributed by atoms with Gasteiger partial charge in [-0.1, -0.05) is 11.6 Å². The van der Waals surface area contributed by atoms with E-state index in [2.05, 4.69) is 6.08 Å². The fourth-order valence-corrected chi connectivity index (χ4v) is 3.39. The van der Waals surface area contributed by atoms with Crippen LogP contribution in [0.2, 0.25) is 0 Å². The third-order valence-corrected chi connectivity index (χ3v) is 4.15. The molecular weight excluding hydrogens is 209 g/mol. The van der Waals surface area contributed by atoms with Gasteiger partial charge in [-0.3, -0.25) is 9.18 Å². The lowest BCUT2D eigenvalue weighted by molar-refractivity contribution is -0.144. The van der Waals surface area contributed by atoms with Crippen molar-refractivity contribution < 1.29 is 14.3 Å². The van der Waals surface area contributed by atoms with Crippen molar-refractivity contribution in [2.45, 2.75) is 25.7 Å². The lowest BCUT2D eigenvalue weighted by atomic mass is 9.53. The Morgan fingerprint density at radius 2 is 2.44 bits per heavy atom. The van der Waals surface area contributed by atoms with E-state index in [1.807, 2.05) is 0 Å². The van der Waals surface area contributed by atoms with Crippen LogP contribution in [0.1, 0.15) is 25.7 Å². The lowest BCUT2D eigenvalue weighted by Gasteiger charge is -2.51. The van der Waals surface area contributed by atoms with Crippen molar-refractivity contribution in [2.75, 3.05) is 13.2 Å². The van der Waals surface area contributed by atoms with E-state index < -0.39 is 5.97 Å². The maximum absolute atomic E-state index is 12.2. The van der Waals surface area contributed by atoms with Gasteiger partial charge in [0.25, 0.3) is 0 Å². The van der Waals surface area contributed by atoms with Gasteiger partial charge in [-0.05, 0) is 43.1 Å². The topological polar surface area (TPSA) is 63.3 Å². The normalized spacial score (nSPS) is 36.5. The largest absolute Gasteiger partial charge is 0.481 e. The number of fused-ring (bicyclic) bond motifs is 1. The second-order valence-electron chi connectivity index (χ2n) is 5.10. The molecule has 2 aliphatic rings. The highest BCUT2D eigenvalue weighted by Gasteiger charge is 2.54. The molecule has 0 radical (unpaired) electrons. The molecule has 0 saturated heterocycles. The summed E-state index contributed by atoms with van der Waals surface area (Å²) in [6.45, 7) is 0.0969. The lowest BCUT2D eigenvalue weighted by Crippen LogP contribution is -2.51. The number of carboxylic acid groups (broad SMARTS) is 1. The van der Waals surface area contributed by atoms with E-state index in [-0.39, 0.29) is 24.4 Å². The number of aliphatic carboxylic acids is 1. The summed E-state index contributed by atoms with van der Waals surface area (Å²) in [7, 11) is 0. The van der Waals surface area contributed by atoms with Gasteiger partial charge in [0.15, 0.2) is 0 Å². The molecule has 3 nitrogen and oxygen atoms in total. The van der Waals surface area contributed by atoms with Gasteiger partial charge in [-0.2, -0.15) is 0 Å². The zero-order valence-corrected chi connectivity index (χ0v) is 9.29. The van der Waals surface area contributed by atoms with Crippen molar-refractivity contribution in [3.63, 3.8) is 0 Å². The average Bonchev–Trinajstić information content (AvgIpc) is 2.54. The standard InChI is InChI=1S/C12H18FNO2/c13-2-1-8-3-9-5-12(7-14,6-11(15)16)10(9)4-8/h4,9-10H,1-3,5-7,14H2,(H,15,16)/t9-,10-,12-/m1/s1. The van der Waals surface area contributed by atoms with Gasteiger partial charge in [0.05, 0.1) is 13.1 Å². The van der Waals surface area contributed by atoms with E-state index in [0.717, 1.165) is 18.4 Å². The van der Waals surface area contributed by atoms with E-state index in [0.29, 0.717) is 18.9 Å². The number of hydrogen-bond acceptors (Lipinski definition) is 2. The summed E-state index contributed by atoms with van der Waals surface area (Å²) in [4.78, 5) is 10.8. The van der Waals surface area contributed by atoms with Gasteiger partial charge in [0.1, 0.15) is 0 Å². The molecule has 2 rings (SSSR count). The number of alkyl halides is 1. The fraction of sp³-hybridized carbons (Fsp3) is 0.750. The molecule has 16 heavy (non-hydrogen) atoms. The SMILES string of the molecule is NC[C@]1(CC(=O)O)C[C@H]2CC(CCF)=C[C@H]21. The summed E-state index contributed by atoms with van der Waals surface area (Å²) in [5.74, 6) is 0.0100. The molecule has 0 amide bonds. The smallest absolute Gasteiger partial charge is 0.303 e. The summed E-state index contributed by atoms with van der Waals surface area (Å²) < 4.78 is 12.2. The van der Waals surface area contributed by atoms with E-state index in [9.17, 15) is 9.18 Å². The average molecular weight is 227 g/mol. The highest BCUT2D eigenvalue weighted by Crippen LogP contribution is 2.59. The molecule has 3 atom stereocenters. The highest BCUT2D eigenvalue weighted by atomic mass is 19.1. The molecule has 1 saturated carbocycles. The Labute approximate surface area is 94.5 Å². The molecule has 4 heteroatoms. The first-order valence-corrected chi connectivity index (χ1v) is 5.79. The van der Waals surface area contributed by atoms with E-state index in [1.165, 1.54) is 0 Å². The van der Waals surface area contributed by atoms with Crippen LogP contribution >= 0.6 is 0 Å². The maximum atomic E-state index is 12.2. The van der Waals surface area contributed by atoms with Gasteiger partial charge in [0.2, 0.25) is 0 Å². The third-order valence-electron chi connectivity index (χ3n) is 4.15. The van der Waals surface area contributed by atoms with Crippen LogP contribution in [0.15, 0.2) is 11.6 Å². The molecule has 0 aromatic rings. The molecule has 90 valence electrons. The Balaban J connectivity index is 2.07. The van der Waals surface area contributed by atoms with Gasteiger partial charge >= 0.3 is 5.97 Å². The summed E-state index contributed by atoms with van der Waals surface area (Å²) in [6.07, 6.45) is 4.55. The van der Waals surface area contributed by atoms with Crippen molar-refractivity contribution in [1.82, 2.24) is 0 Å². The zero-order chi connectivity index (χ0) is 11.8. The molecule has 1 fully saturated rings. The second kappa shape index (κ2) is 4.17. The van der Waals surface area contributed by atoms with E-state index in [4.69, 9.17) is 10.8 Å². The molecule has 0 aromatic carbocycles. The first kappa shape index (κ1) is 11.6. The number of carboxylic acids is 1. The highest BCUT2D eigenvalue weighted by molar-refractivity contribution is 5.68. The minimum Gasteiger partial charge on any atom is -0.481 e. The molecule has 0 aliphatic heterocycles. The van der Waals surface area contributed by atoms with E-state index >= 15 is 0 Å². The van der Waals surface area contributed by atoms with Crippen LogP contribution in [0.3, 0.4) is 0 Å². The van der Waals surface area contributed by atoms with Crippen molar-refractivity contribution in [1.29, 1.82) is 0 Å². The van der Waals surface area contributed by atoms with Crippen LogP contribution in [0, 0.1) is 17.3 Å². The van der Waals surface area contributed by atoms with Crippen LogP contribution in [0.4, 0.5) is 4.39 Å². The Morgan fingerprint density at radius 3 is 3.00 bits per heavy atom. The van der Waals surface area contributed by atoms with Crippen LogP contribution in [-0.4, -0.2) is 24.3 Å². The molecular formula is C12H18FNO2. The fourth-order valence-electron chi connectivity index (χ4n) is 3.39. The molecule has 3 N–H and O–H groups in total. The summed E-state index contributed by atoms with van der Waals surface area (Å²) in [5.41, 5.74) is 6.62. The predicted molar refractivity (Wildman–Crippen MR) is 58.6 cm³/mol. The van der Waals surface area contributed by atoms with Gasteiger partial charge in [-0.15, -0.1) is 0 Å². The molecule has 0 bridgehead atoms. The Hall–Kier alpha value is -0.900. The van der Waals surface area contributed by atoms with Crippen molar-refractivity contribution in [3.05, 3.63) is 11.6 Å². The Bertz CT molecular complexity index is 329. The first-order valence-electron chi connectivity index (χ1n) is 5.79. The number of allylic oxidation sites excluding steroid dienone is 2. The predicted octanol–water partition coefficient (Wildman–Crippen LogP) is 1.73. The zero-order valence-electron chi connectivity index (χ0n) is 9.29. The Kier molecular flexibility index (Phi) is 3.02. The van der Waals surface area contributed by atoms with Crippen molar-refractivity contribution >= 4 is 5.97 Å². The van der Waals surface area contributed by atoms with Crippen LogP contribution in [0.5, 0.6) is 0 Å². The monoisotopic (exact) mass is 227 g/mol. The molecule has 0 spiro atoms. The van der Waals surface area contributed by atoms with Crippen LogP contribution in [0.25, 0.3) is 0 Å². The summed E-state index contributed by atoms with van der Waals surface area (Å²) in [6, 6.07) is 0. The van der Waals surface area contributed by atoms with Crippen molar-refractivity contribution in [2.24, 2.45) is 23.0 Å². The maximum Gasteiger partial charge on any atom is 0.303 e. The number of halogens is 1. The number of rotatable bonds is 5. The van der Waals surface area contributed by atoms with Gasteiger partial charge < -0.3 is 10.8 Å². The molecule has 0 aromatic heterocycles.